The molecule has 0 bridgehead atoms. The van der Waals surface area contributed by atoms with Gasteiger partial charge in [0.15, 0.2) is 0 Å². The van der Waals surface area contributed by atoms with Gasteiger partial charge in [-0.25, -0.2) is 0 Å². The number of hydrogen-bond acceptors (Lipinski definition) is 2. The van der Waals surface area contributed by atoms with Crippen molar-refractivity contribution in [2.75, 3.05) is 11.1 Å². The first-order chi connectivity index (χ1) is 44.4. The van der Waals surface area contributed by atoms with E-state index in [0.717, 1.165) is 33.9 Å². The number of nitrogens with one attached hydrogen (secondary N) is 1. The monoisotopic (exact) mass is 1240 g/mol. The Kier molecular flexibility index (Phi) is 18.3. The maximum atomic E-state index is 6.64. The van der Waals surface area contributed by atoms with Crippen molar-refractivity contribution in [3.63, 3.8) is 0 Å². The highest BCUT2D eigenvalue weighted by Gasteiger charge is 2.48. The first-order valence-electron chi connectivity index (χ1n) is 34.7. The van der Waals surface area contributed by atoms with Crippen molar-refractivity contribution in [2.24, 2.45) is 0 Å². The van der Waals surface area contributed by atoms with Crippen molar-refractivity contribution < 1.29 is 0 Å². The fraction of sp³-hybridized carbons (Fsp3) is 0.333. The first-order valence-corrected chi connectivity index (χ1v) is 35.1. The zero-order chi connectivity index (χ0) is 65.5. The predicted octanol–water partition coefficient (Wildman–Crippen LogP) is 25.1. The summed E-state index contributed by atoms with van der Waals surface area (Å²) >= 11 is 6.64. The van der Waals surface area contributed by atoms with Crippen LogP contribution in [0.3, 0.4) is 0 Å². The third-order valence-electron chi connectivity index (χ3n) is 21.1. The van der Waals surface area contributed by atoms with Crippen LogP contribution in [-0.2, 0) is 32.5 Å². The van der Waals surface area contributed by atoms with Gasteiger partial charge in [0.1, 0.15) is 0 Å². The van der Waals surface area contributed by atoms with Gasteiger partial charge in [0, 0.05) is 22.1 Å². The van der Waals surface area contributed by atoms with E-state index in [1.165, 1.54) is 164 Å². The Morgan fingerprint density at radius 3 is 1.00 bits per heavy atom. The normalized spacial score (nSPS) is 15.9. The zero-order valence-corrected chi connectivity index (χ0v) is 58.4. The molecule has 0 radical (unpaired) electrons. The summed E-state index contributed by atoms with van der Waals surface area (Å²) in [5.41, 5.74) is 32.3. The molecule has 10 aromatic carbocycles. The smallest absolute Gasteiger partial charge is 0.0714 e. The molecule has 0 aromatic heterocycles. The molecule has 3 N–H and O–H groups in total. The molecule has 14 rings (SSSR count). The van der Waals surface area contributed by atoms with Gasteiger partial charge in [0.25, 0.3) is 0 Å². The van der Waals surface area contributed by atoms with Crippen LogP contribution in [0, 0.1) is 0 Å². The fourth-order valence-electron chi connectivity index (χ4n) is 15.7. The van der Waals surface area contributed by atoms with Crippen LogP contribution in [-0.4, -0.2) is 0 Å². The average Bonchev–Trinajstić information content (AvgIpc) is 1.56. The van der Waals surface area contributed by atoms with Gasteiger partial charge in [0.2, 0.25) is 0 Å². The summed E-state index contributed by atoms with van der Waals surface area (Å²) < 4.78 is 0. The van der Waals surface area contributed by atoms with E-state index in [4.69, 9.17) is 17.3 Å². The molecule has 10 aromatic rings. The molecule has 0 saturated heterocycles. The lowest BCUT2D eigenvalue weighted by Crippen LogP contribution is -2.29. The third kappa shape index (κ3) is 13.1. The molecule has 2 saturated carbocycles. The largest absolute Gasteiger partial charge is 0.399 e. The Hall–Kier alpha value is -7.91. The van der Waals surface area contributed by atoms with Crippen molar-refractivity contribution in [3.05, 3.63) is 313 Å². The second-order valence-corrected chi connectivity index (χ2v) is 31.9. The molecule has 2 nitrogen and oxygen atoms in total. The summed E-state index contributed by atoms with van der Waals surface area (Å²) in [5.74, 6) is 1.52. The summed E-state index contributed by atoms with van der Waals surface area (Å²) in [6, 6.07) is 86.3. The van der Waals surface area contributed by atoms with Crippen molar-refractivity contribution >= 4 is 28.7 Å². The van der Waals surface area contributed by atoms with Crippen LogP contribution < -0.4 is 11.1 Å². The predicted molar refractivity (Wildman–Crippen MR) is 400 cm³/mol. The number of hydrogen-bond donors (Lipinski definition) is 2. The molecule has 93 heavy (non-hydrogen) atoms. The maximum Gasteiger partial charge on any atom is 0.0714 e. The lowest BCUT2D eigenvalue weighted by Gasteiger charge is -2.35. The fourth-order valence-corrected chi connectivity index (χ4v) is 15.9. The first kappa shape index (κ1) is 65.2. The molecule has 2 fully saturated rings. The van der Waals surface area contributed by atoms with Crippen molar-refractivity contribution in [2.45, 2.75) is 192 Å². The lowest BCUT2D eigenvalue weighted by molar-refractivity contribution is 0.443. The molecule has 0 heterocycles. The van der Waals surface area contributed by atoms with Crippen molar-refractivity contribution in [1.82, 2.24) is 0 Å². The Morgan fingerprint density at radius 1 is 0.323 bits per heavy atom. The van der Waals surface area contributed by atoms with E-state index in [2.05, 4.69) is 301 Å². The summed E-state index contributed by atoms with van der Waals surface area (Å²) in [6.07, 6.45) is 13.7. The lowest BCUT2D eigenvalue weighted by atomic mass is 9.67. The Morgan fingerprint density at radius 2 is 0.634 bits per heavy atom. The van der Waals surface area contributed by atoms with Gasteiger partial charge in [0.05, 0.1) is 10.8 Å². The second kappa shape index (κ2) is 26.1. The summed E-state index contributed by atoms with van der Waals surface area (Å²) in [7, 11) is 0. The van der Waals surface area contributed by atoms with Crippen LogP contribution in [0.25, 0.3) is 22.3 Å². The number of benzene rings is 10. The van der Waals surface area contributed by atoms with E-state index >= 15 is 0 Å². The van der Waals surface area contributed by atoms with Gasteiger partial charge >= 0.3 is 0 Å². The quantitative estimate of drug-likeness (QED) is 0.149. The van der Waals surface area contributed by atoms with E-state index in [1.54, 1.807) is 0 Å². The highest BCUT2D eigenvalue weighted by atomic mass is 35.5. The van der Waals surface area contributed by atoms with E-state index in [1.807, 2.05) is 18.2 Å². The second-order valence-electron chi connectivity index (χ2n) is 31.4. The van der Waals surface area contributed by atoms with Crippen LogP contribution in [0.4, 0.5) is 17.1 Å². The van der Waals surface area contributed by atoms with Gasteiger partial charge in [-0.1, -0.05) is 315 Å². The minimum absolute atomic E-state index is 0.0924. The number of fused-ring (bicyclic) bond motifs is 6. The van der Waals surface area contributed by atoms with Crippen LogP contribution in [0.5, 0.6) is 0 Å². The third-order valence-corrected chi connectivity index (χ3v) is 21.3. The standard InChI is InChI=1S/C45H49N.C33H33Cl.C12H17N/c1-43(2,3)33-18-22-35(23-19-33)45(36-24-20-34(21-25-36)44(4,5)6)41-15-11-10-14-39(41)40-29-28-38(30-42(40)45)46-37-26-16-32(17-27-37)31-12-8-7-9-13-31;1-31(2,3)22-11-15-24(16-12-22)33(25-17-13-23(14-18-25)32(4,5)6)29-10-8-7-9-27(29)28-20-19-26(34)21-30(28)33;13-12-8-6-11(7-9-12)10-4-2-1-3-5-10/h10-11,14-31,46H,7-9,12-13H2,1-6H3;7-21H,1-6H3;6-10H,1-5,13H2. The molecule has 0 unspecified atom stereocenters. The molecular weight excluding hydrogens is 1140 g/mol. The Bertz CT molecular complexity index is 4070. The minimum atomic E-state index is -0.429. The van der Waals surface area contributed by atoms with Crippen LogP contribution >= 0.6 is 11.6 Å². The number of nitrogen functional groups attached to an aromatic ring is 1. The SMILES string of the molecule is CC(C)(C)c1ccc(C2(c3ccc(C(C)(C)C)cc3)c3ccccc3-c3ccc(Cl)cc32)cc1.CC(C)(C)c1ccc(C2(c3ccc(C(C)(C)C)cc3)c3ccccc3-c3ccc(Nc4ccc(C5CCCCC5)cc4)cc32)cc1.Nc1ccc(C2CCCCC2)cc1. The number of nitrogens with two attached hydrogens (primary N) is 1. The Labute approximate surface area is 563 Å². The van der Waals surface area contributed by atoms with E-state index in [0.29, 0.717) is 0 Å². The summed E-state index contributed by atoms with van der Waals surface area (Å²) in [6.45, 7) is 27.4. The van der Waals surface area contributed by atoms with Gasteiger partial charge in [-0.2, -0.15) is 0 Å². The van der Waals surface area contributed by atoms with Crippen LogP contribution in [0.15, 0.2) is 231 Å². The van der Waals surface area contributed by atoms with Gasteiger partial charge < -0.3 is 11.1 Å². The van der Waals surface area contributed by atoms with Gasteiger partial charge in [-0.3, -0.25) is 0 Å². The Balaban J connectivity index is 0.000000154. The van der Waals surface area contributed by atoms with E-state index in [-0.39, 0.29) is 21.7 Å². The van der Waals surface area contributed by atoms with Crippen LogP contribution in [0.1, 0.15) is 237 Å². The zero-order valence-electron chi connectivity index (χ0n) is 57.6. The molecular formula is C90H99ClN2. The molecule has 0 aliphatic heterocycles. The van der Waals surface area contributed by atoms with Gasteiger partial charge in [-0.15, -0.1) is 0 Å². The molecule has 4 aliphatic carbocycles. The highest BCUT2D eigenvalue weighted by Crippen LogP contribution is 2.59. The summed E-state index contributed by atoms with van der Waals surface area (Å²) in [4.78, 5) is 0. The molecule has 3 heteroatoms. The number of halogens is 1. The van der Waals surface area contributed by atoms with Crippen molar-refractivity contribution in [3.8, 4) is 22.3 Å². The molecule has 4 aliphatic rings. The van der Waals surface area contributed by atoms with Crippen molar-refractivity contribution in [1.29, 1.82) is 0 Å². The maximum absolute atomic E-state index is 6.64. The van der Waals surface area contributed by atoms with E-state index in [9.17, 15) is 0 Å². The number of anilines is 3. The average molecular weight is 1240 g/mol. The highest BCUT2D eigenvalue weighted by molar-refractivity contribution is 6.30. The van der Waals surface area contributed by atoms with E-state index < -0.39 is 10.8 Å². The molecule has 476 valence electrons. The van der Waals surface area contributed by atoms with Gasteiger partial charge in [-0.05, 0) is 208 Å². The molecule has 0 spiro atoms. The topological polar surface area (TPSA) is 38.0 Å². The summed E-state index contributed by atoms with van der Waals surface area (Å²) in [5, 5.41) is 4.56. The van der Waals surface area contributed by atoms with Crippen LogP contribution in [0.2, 0.25) is 5.02 Å². The minimum Gasteiger partial charge on any atom is -0.399 e. The molecule has 0 amide bonds. The molecule has 0 atom stereocenters. The number of rotatable bonds is 8.